The van der Waals surface area contributed by atoms with Gasteiger partial charge in [-0.1, -0.05) is 18.2 Å². The number of carbonyl (C=O) groups is 2. The molecule has 0 fully saturated rings. The maximum atomic E-state index is 12.1. The fourth-order valence-electron chi connectivity index (χ4n) is 1.36. The molecular formula is C14H23NO4. The quantitative estimate of drug-likeness (QED) is 0.568. The Bertz CT molecular complexity index is 368. The van der Waals surface area contributed by atoms with E-state index in [0.29, 0.717) is 0 Å². The van der Waals surface area contributed by atoms with E-state index in [1.165, 1.54) is 18.1 Å². The molecule has 0 rings (SSSR count). The minimum absolute atomic E-state index is 0.195. The van der Waals surface area contributed by atoms with Crippen molar-refractivity contribution < 1.29 is 19.1 Å². The van der Waals surface area contributed by atoms with E-state index in [2.05, 4.69) is 17.9 Å². The second kappa shape index (κ2) is 6.97. The van der Waals surface area contributed by atoms with E-state index in [0.717, 1.165) is 5.57 Å². The van der Waals surface area contributed by atoms with Crippen LogP contribution in [0.15, 0.2) is 24.8 Å². The summed E-state index contributed by atoms with van der Waals surface area (Å²) in [6.45, 7) is 14.5. The lowest BCUT2D eigenvalue weighted by atomic mass is 10.2. The summed E-state index contributed by atoms with van der Waals surface area (Å²) < 4.78 is 9.93. The van der Waals surface area contributed by atoms with Crippen LogP contribution in [-0.2, 0) is 14.3 Å². The Kier molecular flexibility index (Phi) is 6.32. The molecule has 0 radical (unpaired) electrons. The van der Waals surface area contributed by atoms with E-state index in [-0.39, 0.29) is 6.54 Å². The van der Waals surface area contributed by atoms with E-state index >= 15 is 0 Å². The second-order valence-corrected chi connectivity index (χ2v) is 5.27. The lowest BCUT2D eigenvalue weighted by Gasteiger charge is -2.30. The SMILES string of the molecule is C=C[C@@H](C(=O)OC)N(CC(=C)C)C(=O)OC(C)(C)C. The Balaban J connectivity index is 5.18. The van der Waals surface area contributed by atoms with Crippen LogP contribution in [0, 0.1) is 0 Å². The van der Waals surface area contributed by atoms with Crippen molar-refractivity contribution >= 4 is 12.1 Å². The first kappa shape index (κ1) is 17.2. The summed E-state index contributed by atoms with van der Waals surface area (Å²) in [6, 6.07) is -0.892. The summed E-state index contributed by atoms with van der Waals surface area (Å²) in [5, 5.41) is 0. The number of nitrogens with zero attached hydrogens (tertiary/aromatic N) is 1. The third-order valence-corrected chi connectivity index (χ3v) is 2.07. The van der Waals surface area contributed by atoms with Gasteiger partial charge in [0.05, 0.1) is 7.11 Å². The topological polar surface area (TPSA) is 55.8 Å². The van der Waals surface area contributed by atoms with Gasteiger partial charge in [-0.05, 0) is 27.7 Å². The van der Waals surface area contributed by atoms with Crippen LogP contribution in [-0.4, -0.2) is 42.3 Å². The van der Waals surface area contributed by atoms with Crippen molar-refractivity contribution in [1.82, 2.24) is 4.90 Å². The number of hydrogen-bond acceptors (Lipinski definition) is 4. The van der Waals surface area contributed by atoms with Gasteiger partial charge in [-0.3, -0.25) is 4.90 Å². The number of amides is 1. The van der Waals surface area contributed by atoms with Crippen LogP contribution >= 0.6 is 0 Å². The molecule has 0 N–H and O–H groups in total. The molecule has 0 saturated heterocycles. The molecule has 19 heavy (non-hydrogen) atoms. The zero-order valence-electron chi connectivity index (χ0n) is 12.4. The number of rotatable bonds is 5. The highest BCUT2D eigenvalue weighted by molar-refractivity contribution is 5.83. The number of carbonyl (C=O) groups excluding carboxylic acids is 2. The van der Waals surface area contributed by atoms with Gasteiger partial charge in [-0.15, -0.1) is 6.58 Å². The minimum Gasteiger partial charge on any atom is -0.467 e. The van der Waals surface area contributed by atoms with Gasteiger partial charge in [0.2, 0.25) is 0 Å². The Hall–Kier alpha value is -1.78. The summed E-state index contributed by atoms with van der Waals surface area (Å²) in [7, 11) is 1.26. The first-order valence-corrected chi connectivity index (χ1v) is 5.96. The normalized spacial score (nSPS) is 12.3. The van der Waals surface area contributed by atoms with Crippen molar-refractivity contribution in [3.05, 3.63) is 24.8 Å². The number of methoxy groups -OCH3 is 1. The maximum Gasteiger partial charge on any atom is 0.411 e. The van der Waals surface area contributed by atoms with Gasteiger partial charge in [0, 0.05) is 6.54 Å². The molecule has 0 saturated carbocycles. The maximum absolute atomic E-state index is 12.1. The van der Waals surface area contributed by atoms with Gasteiger partial charge in [0.15, 0.2) is 6.04 Å². The predicted molar refractivity (Wildman–Crippen MR) is 73.8 cm³/mol. The van der Waals surface area contributed by atoms with Crippen LogP contribution in [0.1, 0.15) is 27.7 Å². The number of ether oxygens (including phenoxy) is 2. The molecule has 0 unspecified atom stereocenters. The van der Waals surface area contributed by atoms with Crippen molar-refractivity contribution in [3.63, 3.8) is 0 Å². The van der Waals surface area contributed by atoms with Crippen molar-refractivity contribution in [2.75, 3.05) is 13.7 Å². The lowest BCUT2D eigenvalue weighted by Crippen LogP contribution is -2.47. The second-order valence-electron chi connectivity index (χ2n) is 5.27. The standard InChI is InChI=1S/C14H23NO4/c1-8-11(12(16)18-7)15(9-10(2)3)13(17)19-14(4,5)6/h8,11H,1-2,9H2,3-7H3/t11-/m0/s1. The molecule has 5 nitrogen and oxygen atoms in total. The third-order valence-electron chi connectivity index (χ3n) is 2.07. The molecule has 0 spiro atoms. The number of hydrogen-bond donors (Lipinski definition) is 0. The summed E-state index contributed by atoms with van der Waals surface area (Å²) in [4.78, 5) is 25.0. The van der Waals surface area contributed by atoms with E-state index in [1.807, 2.05) is 0 Å². The molecule has 1 atom stereocenters. The van der Waals surface area contributed by atoms with Crippen molar-refractivity contribution in [3.8, 4) is 0 Å². The van der Waals surface area contributed by atoms with Crippen LogP contribution in [0.4, 0.5) is 4.79 Å². The average molecular weight is 269 g/mol. The van der Waals surface area contributed by atoms with Crippen LogP contribution in [0.5, 0.6) is 0 Å². The molecule has 108 valence electrons. The zero-order chi connectivity index (χ0) is 15.2. The summed E-state index contributed by atoms with van der Waals surface area (Å²) in [5.41, 5.74) is 0.0771. The first-order chi connectivity index (χ1) is 8.62. The molecule has 5 heteroatoms. The smallest absolute Gasteiger partial charge is 0.411 e. The fraction of sp³-hybridized carbons (Fsp3) is 0.571. The number of esters is 1. The van der Waals surface area contributed by atoms with Gasteiger partial charge < -0.3 is 9.47 Å². The van der Waals surface area contributed by atoms with Crippen LogP contribution in [0.3, 0.4) is 0 Å². The zero-order valence-corrected chi connectivity index (χ0v) is 12.4. The molecule has 0 aliphatic heterocycles. The van der Waals surface area contributed by atoms with Crippen LogP contribution in [0.25, 0.3) is 0 Å². The Morgan fingerprint density at radius 2 is 1.89 bits per heavy atom. The molecule has 0 heterocycles. The largest absolute Gasteiger partial charge is 0.467 e. The van der Waals surface area contributed by atoms with E-state index in [4.69, 9.17) is 4.74 Å². The Morgan fingerprint density at radius 3 is 2.21 bits per heavy atom. The highest BCUT2D eigenvalue weighted by atomic mass is 16.6. The molecule has 0 aliphatic carbocycles. The van der Waals surface area contributed by atoms with E-state index in [1.54, 1.807) is 27.7 Å². The summed E-state index contributed by atoms with van der Waals surface area (Å²) in [5.74, 6) is -0.567. The van der Waals surface area contributed by atoms with E-state index in [9.17, 15) is 9.59 Å². The third kappa shape index (κ3) is 6.08. The van der Waals surface area contributed by atoms with Crippen LogP contribution < -0.4 is 0 Å². The fourth-order valence-corrected chi connectivity index (χ4v) is 1.36. The van der Waals surface area contributed by atoms with Crippen LogP contribution in [0.2, 0.25) is 0 Å². The molecule has 0 aliphatic rings. The van der Waals surface area contributed by atoms with Gasteiger partial charge in [0.1, 0.15) is 5.60 Å². The van der Waals surface area contributed by atoms with Crippen molar-refractivity contribution in [1.29, 1.82) is 0 Å². The average Bonchev–Trinajstić information content (AvgIpc) is 2.25. The molecule has 1 amide bonds. The predicted octanol–water partition coefficient (Wildman–Crippen LogP) is 2.53. The minimum atomic E-state index is -0.892. The Morgan fingerprint density at radius 1 is 1.37 bits per heavy atom. The van der Waals surface area contributed by atoms with Gasteiger partial charge in [0.25, 0.3) is 0 Å². The molecule has 0 aromatic rings. The highest BCUT2D eigenvalue weighted by Crippen LogP contribution is 2.14. The first-order valence-electron chi connectivity index (χ1n) is 5.96. The molecule has 0 bridgehead atoms. The monoisotopic (exact) mass is 269 g/mol. The van der Waals surface area contributed by atoms with E-state index < -0.39 is 23.7 Å². The van der Waals surface area contributed by atoms with Gasteiger partial charge >= 0.3 is 12.1 Å². The van der Waals surface area contributed by atoms with Gasteiger partial charge in [-0.25, -0.2) is 9.59 Å². The van der Waals surface area contributed by atoms with Crippen molar-refractivity contribution in [2.45, 2.75) is 39.3 Å². The molecular weight excluding hydrogens is 246 g/mol. The Labute approximate surface area is 114 Å². The summed E-state index contributed by atoms with van der Waals surface area (Å²) >= 11 is 0. The van der Waals surface area contributed by atoms with Crippen molar-refractivity contribution in [2.24, 2.45) is 0 Å². The molecule has 0 aromatic heterocycles. The molecule has 0 aromatic carbocycles. The van der Waals surface area contributed by atoms with Gasteiger partial charge in [-0.2, -0.15) is 0 Å². The highest BCUT2D eigenvalue weighted by Gasteiger charge is 2.31. The lowest BCUT2D eigenvalue weighted by molar-refractivity contribution is -0.144. The summed E-state index contributed by atoms with van der Waals surface area (Å²) in [6.07, 6.45) is 0.740.